The van der Waals surface area contributed by atoms with Crippen LogP contribution in [0.15, 0.2) is 16.9 Å². The van der Waals surface area contributed by atoms with Crippen molar-refractivity contribution in [1.82, 2.24) is 9.88 Å². The van der Waals surface area contributed by atoms with Crippen molar-refractivity contribution in [1.29, 1.82) is 0 Å². The number of thioether (sulfide) groups is 1. The summed E-state index contributed by atoms with van der Waals surface area (Å²) in [5.41, 5.74) is -2.33. The van der Waals surface area contributed by atoms with Gasteiger partial charge in [-0.3, -0.25) is 9.59 Å². The van der Waals surface area contributed by atoms with E-state index >= 15 is 0 Å². The van der Waals surface area contributed by atoms with Crippen LogP contribution in [0.3, 0.4) is 0 Å². The third-order valence-electron chi connectivity index (χ3n) is 4.44. The first-order valence-corrected chi connectivity index (χ1v) is 8.66. The lowest BCUT2D eigenvalue weighted by molar-refractivity contribution is -0.141. The minimum absolute atomic E-state index is 0.0803. The molecule has 1 saturated heterocycles. The van der Waals surface area contributed by atoms with Crippen molar-refractivity contribution >= 4 is 17.7 Å². The molecule has 0 bridgehead atoms. The molecule has 2 unspecified atom stereocenters. The number of H-pyrrole nitrogens is 1. The van der Waals surface area contributed by atoms with E-state index in [4.69, 9.17) is 0 Å². The molecule has 1 aliphatic carbocycles. The van der Waals surface area contributed by atoms with Crippen LogP contribution in [0.5, 0.6) is 0 Å². The van der Waals surface area contributed by atoms with Gasteiger partial charge in [0.1, 0.15) is 11.3 Å². The molecule has 1 aliphatic heterocycles. The summed E-state index contributed by atoms with van der Waals surface area (Å²) in [7, 11) is 0. The maximum absolute atomic E-state index is 12.7. The van der Waals surface area contributed by atoms with Crippen LogP contribution in [-0.4, -0.2) is 39.4 Å². The van der Waals surface area contributed by atoms with Gasteiger partial charge in [-0.1, -0.05) is 12.8 Å². The highest BCUT2D eigenvalue weighted by atomic mass is 32.2. The predicted octanol–water partition coefficient (Wildman–Crippen LogP) is 2.89. The Bertz CT molecular complexity index is 657. The van der Waals surface area contributed by atoms with Crippen LogP contribution in [0.4, 0.5) is 13.2 Å². The maximum Gasteiger partial charge on any atom is 0.431 e. The Morgan fingerprint density at radius 1 is 1.26 bits per heavy atom. The van der Waals surface area contributed by atoms with Gasteiger partial charge < -0.3 is 9.88 Å². The van der Waals surface area contributed by atoms with Gasteiger partial charge in [0.15, 0.2) is 0 Å². The maximum atomic E-state index is 12.7. The number of aromatic amines is 1. The highest BCUT2D eigenvalue weighted by Gasteiger charge is 2.38. The van der Waals surface area contributed by atoms with E-state index in [-0.39, 0.29) is 11.6 Å². The van der Waals surface area contributed by atoms with Crippen LogP contribution < -0.4 is 5.56 Å². The molecule has 2 heterocycles. The molecule has 126 valence electrons. The molecule has 2 atom stereocenters. The standard InChI is InChI=1S/C15H17F3N2O2S/c16-15(17,18)12-6-5-9(13(21)19-12)14(22)20-7-8-23-11-4-2-1-3-10(11)20/h5-6,10-11H,1-4,7-8H2,(H,19,21). The number of pyridine rings is 1. The third-order valence-corrected chi connectivity index (χ3v) is 5.83. The Morgan fingerprint density at radius 2 is 2.00 bits per heavy atom. The van der Waals surface area contributed by atoms with Gasteiger partial charge in [-0.2, -0.15) is 24.9 Å². The van der Waals surface area contributed by atoms with Gasteiger partial charge in [-0.05, 0) is 25.0 Å². The number of hydrogen-bond acceptors (Lipinski definition) is 3. The SMILES string of the molecule is O=C(c1ccc(C(F)(F)F)[nH]c1=O)N1CCSC2CCCCC21. The predicted molar refractivity (Wildman–Crippen MR) is 81.6 cm³/mol. The third kappa shape index (κ3) is 3.27. The van der Waals surface area contributed by atoms with E-state index in [9.17, 15) is 22.8 Å². The van der Waals surface area contributed by atoms with Gasteiger partial charge in [0, 0.05) is 23.6 Å². The van der Waals surface area contributed by atoms with Gasteiger partial charge in [0.2, 0.25) is 0 Å². The summed E-state index contributed by atoms with van der Waals surface area (Å²) in [6.07, 6.45) is -0.521. The summed E-state index contributed by atoms with van der Waals surface area (Å²) in [6.45, 7) is 0.533. The second-order valence-corrected chi connectivity index (χ2v) is 7.22. The number of nitrogens with one attached hydrogen (secondary N) is 1. The zero-order valence-corrected chi connectivity index (χ0v) is 13.2. The van der Waals surface area contributed by atoms with Crippen LogP contribution in [-0.2, 0) is 6.18 Å². The smallest absolute Gasteiger partial charge is 0.334 e. The summed E-state index contributed by atoms with van der Waals surface area (Å²) < 4.78 is 37.8. The molecule has 1 amide bonds. The molecule has 1 N–H and O–H groups in total. The highest BCUT2D eigenvalue weighted by molar-refractivity contribution is 8.00. The number of aromatic nitrogens is 1. The van der Waals surface area contributed by atoms with Crippen molar-refractivity contribution in [2.75, 3.05) is 12.3 Å². The summed E-state index contributed by atoms with van der Waals surface area (Å²) in [5, 5.41) is 0.370. The molecule has 0 spiro atoms. The Labute approximate surface area is 135 Å². The molecule has 4 nitrogen and oxygen atoms in total. The zero-order valence-electron chi connectivity index (χ0n) is 12.4. The molecule has 2 aliphatic rings. The molecule has 1 aromatic rings. The zero-order chi connectivity index (χ0) is 16.6. The summed E-state index contributed by atoms with van der Waals surface area (Å²) in [4.78, 5) is 28.0. The van der Waals surface area contributed by atoms with E-state index in [0.29, 0.717) is 11.8 Å². The number of halogens is 3. The lowest BCUT2D eigenvalue weighted by atomic mass is 9.93. The Kier molecular flexibility index (Phi) is 4.44. The largest absolute Gasteiger partial charge is 0.431 e. The number of carbonyl (C=O) groups excluding carboxylic acids is 1. The molecule has 2 fully saturated rings. The van der Waals surface area contributed by atoms with Gasteiger partial charge in [0.05, 0.1) is 0 Å². The molecule has 0 radical (unpaired) electrons. The minimum Gasteiger partial charge on any atom is -0.334 e. The van der Waals surface area contributed by atoms with Gasteiger partial charge in [-0.25, -0.2) is 0 Å². The monoisotopic (exact) mass is 346 g/mol. The second kappa shape index (κ2) is 6.22. The van der Waals surface area contributed by atoms with E-state index in [1.165, 1.54) is 0 Å². The van der Waals surface area contributed by atoms with Gasteiger partial charge >= 0.3 is 6.18 Å². The Hall–Kier alpha value is -1.44. The van der Waals surface area contributed by atoms with E-state index in [0.717, 1.165) is 43.6 Å². The van der Waals surface area contributed by atoms with Crippen molar-refractivity contribution in [3.63, 3.8) is 0 Å². The highest BCUT2D eigenvalue weighted by Crippen LogP contribution is 2.36. The molecular formula is C15H17F3N2O2S. The van der Waals surface area contributed by atoms with Crippen molar-refractivity contribution in [2.24, 2.45) is 0 Å². The van der Waals surface area contributed by atoms with E-state index in [1.54, 1.807) is 9.88 Å². The molecule has 3 rings (SSSR count). The van der Waals surface area contributed by atoms with Crippen LogP contribution in [0.1, 0.15) is 41.7 Å². The number of amides is 1. The summed E-state index contributed by atoms with van der Waals surface area (Å²) in [6, 6.07) is 1.83. The fraction of sp³-hybridized carbons (Fsp3) is 0.600. The number of nitrogens with zero attached hydrogens (tertiary/aromatic N) is 1. The van der Waals surface area contributed by atoms with Crippen LogP contribution in [0.25, 0.3) is 0 Å². The number of alkyl halides is 3. The Morgan fingerprint density at radius 3 is 2.70 bits per heavy atom. The Balaban J connectivity index is 1.86. The topological polar surface area (TPSA) is 53.2 Å². The van der Waals surface area contributed by atoms with Crippen molar-refractivity contribution in [2.45, 2.75) is 43.2 Å². The lowest BCUT2D eigenvalue weighted by Gasteiger charge is -2.43. The second-order valence-electron chi connectivity index (χ2n) is 5.87. The number of carbonyl (C=O) groups is 1. The van der Waals surface area contributed by atoms with Crippen molar-refractivity contribution < 1.29 is 18.0 Å². The molecule has 1 saturated carbocycles. The first-order chi connectivity index (χ1) is 10.9. The average molecular weight is 346 g/mol. The fourth-order valence-electron chi connectivity index (χ4n) is 3.31. The van der Waals surface area contributed by atoms with E-state index < -0.39 is 23.3 Å². The lowest BCUT2D eigenvalue weighted by Crippen LogP contribution is -2.52. The summed E-state index contributed by atoms with van der Waals surface area (Å²) >= 11 is 1.84. The van der Waals surface area contributed by atoms with E-state index in [2.05, 4.69) is 0 Å². The molecule has 1 aromatic heterocycles. The van der Waals surface area contributed by atoms with Crippen LogP contribution >= 0.6 is 11.8 Å². The van der Waals surface area contributed by atoms with Gasteiger partial charge in [0.25, 0.3) is 11.5 Å². The van der Waals surface area contributed by atoms with Crippen molar-refractivity contribution in [3.8, 4) is 0 Å². The fourth-order valence-corrected chi connectivity index (χ4v) is 4.75. The average Bonchev–Trinajstić information content (AvgIpc) is 2.53. The molecule has 0 aromatic carbocycles. The molecular weight excluding hydrogens is 329 g/mol. The van der Waals surface area contributed by atoms with E-state index in [1.807, 2.05) is 11.8 Å². The number of fused-ring (bicyclic) bond motifs is 1. The van der Waals surface area contributed by atoms with Gasteiger partial charge in [-0.15, -0.1) is 0 Å². The van der Waals surface area contributed by atoms with Crippen LogP contribution in [0, 0.1) is 0 Å². The first-order valence-electron chi connectivity index (χ1n) is 7.61. The van der Waals surface area contributed by atoms with Crippen molar-refractivity contribution in [3.05, 3.63) is 33.7 Å². The summed E-state index contributed by atoms with van der Waals surface area (Å²) in [5.74, 6) is 0.336. The normalized spacial score (nSPS) is 25.1. The van der Waals surface area contributed by atoms with Crippen LogP contribution in [0.2, 0.25) is 0 Å². The molecule has 23 heavy (non-hydrogen) atoms. The quantitative estimate of drug-likeness (QED) is 0.851. The number of rotatable bonds is 1. The number of hydrogen-bond donors (Lipinski definition) is 1. The first kappa shape index (κ1) is 16.4. The molecule has 8 heteroatoms. The minimum atomic E-state index is -4.63.